The van der Waals surface area contributed by atoms with E-state index < -0.39 is 6.58 Å². The highest BCUT2D eigenvalue weighted by Gasteiger charge is 1.92. The maximum absolute atomic E-state index is 9.05. The molecule has 1 heteroatoms. The third-order valence-corrected chi connectivity index (χ3v) is 1.92. The van der Waals surface area contributed by atoms with Crippen molar-refractivity contribution in [1.82, 2.24) is 0 Å². The van der Waals surface area contributed by atoms with Crippen molar-refractivity contribution in [2.24, 2.45) is 0 Å². The molecular weight excluding hydrogens is 148 g/mol. The van der Waals surface area contributed by atoms with Gasteiger partial charge in [-0.2, -0.15) is 0 Å². The third-order valence-electron chi connectivity index (χ3n) is 1.92. The third kappa shape index (κ3) is 1.19. The van der Waals surface area contributed by atoms with Crippen molar-refractivity contribution in [3.8, 4) is 0 Å². The fourth-order valence-corrected chi connectivity index (χ4v) is 1.29. The first-order valence-corrected chi connectivity index (χ1v) is 3.86. The van der Waals surface area contributed by atoms with E-state index in [0.717, 1.165) is 10.8 Å². The minimum atomic E-state index is -1.13. The molecule has 1 N–H and O–H groups in total. The Morgan fingerprint density at radius 2 is 1.83 bits per heavy atom. The lowest BCUT2D eigenvalue weighted by molar-refractivity contribution is 0.282. The first kappa shape index (κ1) is 6.21. The Hall–Kier alpha value is -1.34. The van der Waals surface area contributed by atoms with Crippen LogP contribution in [0.25, 0.3) is 10.8 Å². The highest BCUT2D eigenvalue weighted by atomic mass is 16.3. The van der Waals surface area contributed by atoms with E-state index in [9.17, 15) is 0 Å². The number of fused-ring (bicyclic) bond motifs is 1. The minimum absolute atomic E-state index is 0.638. The van der Waals surface area contributed by atoms with Gasteiger partial charge in [-0.1, -0.05) is 36.4 Å². The molecule has 0 spiro atoms. The number of benzene rings is 2. The van der Waals surface area contributed by atoms with Crippen LogP contribution in [0.1, 0.15) is 6.93 Å². The van der Waals surface area contributed by atoms with Crippen molar-refractivity contribution in [2.75, 3.05) is 0 Å². The maximum atomic E-state index is 9.05. The van der Waals surface area contributed by atoms with Gasteiger partial charge in [0.25, 0.3) is 0 Å². The van der Waals surface area contributed by atoms with Crippen LogP contribution in [0.4, 0.5) is 0 Å². The van der Waals surface area contributed by atoms with E-state index in [0.29, 0.717) is 5.56 Å². The summed E-state index contributed by atoms with van der Waals surface area (Å²) in [5.74, 6) is 0. The number of aliphatic hydroxyl groups is 1. The first-order chi connectivity index (χ1) is 6.27. The zero-order chi connectivity index (χ0) is 9.26. The van der Waals surface area contributed by atoms with Gasteiger partial charge >= 0.3 is 0 Å². The minimum Gasteiger partial charge on any atom is -0.392 e. The number of hydrogen-bond donors (Lipinski definition) is 1. The molecule has 0 aliphatic carbocycles. The van der Waals surface area contributed by atoms with Crippen LogP contribution < -0.4 is 0 Å². The molecule has 0 aliphatic rings. The van der Waals surface area contributed by atoms with Crippen molar-refractivity contribution in [3.05, 3.63) is 48.0 Å². The number of rotatable bonds is 1. The average molecular weight is 159 g/mol. The van der Waals surface area contributed by atoms with E-state index in [1.165, 1.54) is 0 Å². The van der Waals surface area contributed by atoms with Gasteiger partial charge in [0.15, 0.2) is 0 Å². The van der Waals surface area contributed by atoms with Crippen molar-refractivity contribution >= 4 is 10.8 Å². The molecule has 0 amide bonds. The Kier molecular flexibility index (Phi) is 1.53. The molecule has 2 aromatic rings. The van der Waals surface area contributed by atoms with Crippen molar-refractivity contribution in [2.45, 2.75) is 6.58 Å². The molecular formula is C11H10O. The van der Waals surface area contributed by atoms with E-state index in [1.54, 1.807) is 6.07 Å². The predicted octanol–water partition coefficient (Wildman–Crippen LogP) is 2.33. The molecule has 0 heterocycles. The van der Waals surface area contributed by atoms with Crippen LogP contribution in [0.15, 0.2) is 42.5 Å². The second-order valence-electron chi connectivity index (χ2n) is 2.74. The largest absolute Gasteiger partial charge is 0.392 e. The quantitative estimate of drug-likeness (QED) is 0.677. The molecule has 1 atom stereocenters. The normalized spacial score (nSPS) is 14.2. The predicted molar refractivity (Wildman–Crippen MR) is 49.9 cm³/mol. The standard InChI is InChI=1S/C11H10O/c12-8-9-5-6-10-3-1-2-4-11(10)7-9/h1-7,12H,8H2/i8D/t8-/m0/s1. The van der Waals surface area contributed by atoms with Gasteiger partial charge in [0, 0.05) is 0 Å². The smallest absolute Gasteiger partial charge is 0.0682 e. The molecule has 0 aliphatic heterocycles. The molecule has 0 saturated carbocycles. The summed E-state index contributed by atoms with van der Waals surface area (Å²) < 4.78 is 7.15. The molecule has 12 heavy (non-hydrogen) atoms. The zero-order valence-electron chi connectivity index (χ0n) is 7.57. The van der Waals surface area contributed by atoms with Crippen LogP contribution in [-0.4, -0.2) is 5.11 Å². The van der Waals surface area contributed by atoms with E-state index in [-0.39, 0.29) is 0 Å². The Balaban J connectivity index is 2.62. The molecule has 0 saturated heterocycles. The van der Waals surface area contributed by atoms with E-state index in [1.807, 2.05) is 36.4 Å². The van der Waals surface area contributed by atoms with Crippen LogP contribution in [0.5, 0.6) is 0 Å². The van der Waals surface area contributed by atoms with Gasteiger partial charge < -0.3 is 5.11 Å². The summed E-state index contributed by atoms with van der Waals surface area (Å²) >= 11 is 0. The van der Waals surface area contributed by atoms with Gasteiger partial charge in [-0.3, -0.25) is 0 Å². The Morgan fingerprint density at radius 1 is 1.08 bits per heavy atom. The topological polar surface area (TPSA) is 20.2 Å². The van der Waals surface area contributed by atoms with E-state index in [2.05, 4.69) is 0 Å². The summed E-state index contributed by atoms with van der Waals surface area (Å²) in [6, 6.07) is 13.4. The molecule has 0 unspecified atom stereocenters. The second kappa shape index (κ2) is 2.95. The molecule has 0 bridgehead atoms. The molecule has 60 valence electrons. The van der Waals surface area contributed by atoms with Crippen molar-refractivity contribution < 1.29 is 6.48 Å². The summed E-state index contributed by atoms with van der Waals surface area (Å²) in [7, 11) is 0. The molecule has 0 radical (unpaired) electrons. The zero-order valence-corrected chi connectivity index (χ0v) is 6.57. The van der Waals surface area contributed by atoms with Crippen LogP contribution >= 0.6 is 0 Å². The Morgan fingerprint density at radius 3 is 2.58 bits per heavy atom. The first-order valence-electron chi connectivity index (χ1n) is 4.44. The summed E-state index contributed by atoms with van der Waals surface area (Å²) in [5.41, 5.74) is 0.638. The molecule has 0 fully saturated rings. The lowest BCUT2D eigenvalue weighted by atomic mass is 10.1. The van der Waals surface area contributed by atoms with Gasteiger partial charge in [0.1, 0.15) is 0 Å². The number of hydrogen-bond acceptors (Lipinski definition) is 1. The summed E-state index contributed by atoms with van der Waals surface area (Å²) in [4.78, 5) is 0. The summed E-state index contributed by atoms with van der Waals surface area (Å²) in [6.07, 6.45) is 0. The highest BCUT2D eigenvalue weighted by Crippen LogP contribution is 2.15. The Bertz CT molecular complexity index is 423. The Labute approximate surface area is 72.7 Å². The van der Waals surface area contributed by atoms with Gasteiger partial charge in [-0.25, -0.2) is 0 Å². The van der Waals surface area contributed by atoms with Crippen molar-refractivity contribution in [3.63, 3.8) is 0 Å². The fourth-order valence-electron chi connectivity index (χ4n) is 1.29. The van der Waals surface area contributed by atoms with Crippen LogP contribution in [0, 0.1) is 0 Å². The number of aliphatic hydroxyl groups excluding tert-OH is 1. The van der Waals surface area contributed by atoms with Crippen LogP contribution in [0.2, 0.25) is 0 Å². The molecule has 0 aromatic heterocycles. The van der Waals surface area contributed by atoms with E-state index >= 15 is 0 Å². The lowest BCUT2D eigenvalue weighted by Gasteiger charge is -1.99. The lowest BCUT2D eigenvalue weighted by Crippen LogP contribution is -1.81. The van der Waals surface area contributed by atoms with Crippen molar-refractivity contribution in [1.29, 1.82) is 0 Å². The van der Waals surface area contributed by atoms with Gasteiger partial charge in [-0.05, 0) is 22.4 Å². The maximum Gasteiger partial charge on any atom is 0.0682 e. The monoisotopic (exact) mass is 159 g/mol. The van der Waals surface area contributed by atoms with Crippen LogP contribution in [-0.2, 0) is 6.58 Å². The molecule has 2 rings (SSSR count). The van der Waals surface area contributed by atoms with E-state index in [4.69, 9.17) is 6.48 Å². The van der Waals surface area contributed by atoms with Gasteiger partial charge in [-0.15, -0.1) is 0 Å². The fraction of sp³-hybridized carbons (Fsp3) is 0.0909. The second-order valence-corrected chi connectivity index (χ2v) is 2.74. The summed E-state index contributed by atoms with van der Waals surface area (Å²) in [6.45, 7) is -1.13. The highest BCUT2D eigenvalue weighted by molar-refractivity contribution is 5.82. The average Bonchev–Trinajstić information content (AvgIpc) is 2.17. The van der Waals surface area contributed by atoms with Crippen LogP contribution in [0.3, 0.4) is 0 Å². The summed E-state index contributed by atoms with van der Waals surface area (Å²) in [5, 5.41) is 11.2. The van der Waals surface area contributed by atoms with Gasteiger partial charge in [0.2, 0.25) is 0 Å². The molecule has 2 aromatic carbocycles. The molecule has 1 nitrogen and oxygen atoms in total. The van der Waals surface area contributed by atoms with Gasteiger partial charge in [0.05, 0.1) is 7.95 Å². The SMILES string of the molecule is [2H][C@H](O)c1ccc2ccccc2c1.